The van der Waals surface area contributed by atoms with Crippen LogP contribution in [-0.2, 0) is 13.5 Å². The summed E-state index contributed by atoms with van der Waals surface area (Å²) in [7, 11) is 1.75. The van der Waals surface area contributed by atoms with Crippen LogP contribution < -0.4 is 5.32 Å². The molecule has 1 aromatic heterocycles. The maximum Gasteiger partial charge on any atom is 0.170 e. The van der Waals surface area contributed by atoms with Crippen molar-refractivity contribution in [1.82, 2.24) is 9.78 Å². The van der Waals surface area contributed by atoms with Crippen molar-refractivity contribution in [2.45, 2.75) is 12.6 Å². The van der Waals surface area contributed by atoms with E-state index in [-0.39, 0.29) is 0 Å². The summed E-state index contributed by atoms with van der Waals surface area (Å²) in [5.74, 6) is 0. The van der Waals surface area contributed by atoms with E-state index in [2.05, 4.69) is 26.3 Å². The van der Waals surface area contributed by atoms with E-state index in [9.17, 15) is 4.39 Å². The normalized spacial score (nSPS) is 15.3. The van der Waals surface area contributed by atoms with Gasteiger partial charge in [0.2, 0.25) is 0 Å². The first-order valence-electron chi connectivity index (χ1n) is 5.85. The van der Waals surface area contributed by atoms with E-state index in [1.165, 1.54) is 5.56 Å². The Morgan fingerprint density at radius 1 is 1.50 bits per heavy atom. The van der Waals surface area contributed by atoms with Gasteiger partial charge in [-0.15, -0.1) is 0 Å². The van der Waals surface area contributed by atoms with Crippen molar-refractivity contribution in [3.05, 3.63) is 45.7 Å². The number of aryl methyl sites for hydroxylation is 1. The van der Waals surface area contributed by atoms with Gasteiger partial charge in [-0.3, -0.25) is 4.68 Å². The van der Waals surface area contributed by atoms with Gasteiger partial charge in [0.05, 0.1) is 16.4 Å². The lowest BCUT2D eigenvalue weighted by molar-refractivity contribution is 0.379. The van der Waals surface area contributed by atoms with Crippen LogP contribution in [0.25, 0.3) is 0 Å². The quantitative estimate of drug-likeness (QED) is 0.923. The van der Waals surface area contributed by atoms with Crippen LogP contribution in [0.1, 0.15) is 23.0 Å². The standard InChI is InChI=1S/C13H13BrFN3/c1-18-13(10(14)7-17-18)11(15)9-4-2-3-8-5-6-16-12(8)9/h2-4,7,11,16H,5-6H2,1H3. The number of nitrogens with one attached hydrogen (secondary N) is 1. The first-order valence-corrected chi connectivity index (χ1v) is 6.65. The molecule has 2 aromatic rings. The lowest BCUT2D eigenvalue weighted by Gasteiger charge is -2.14. The van der Waals surface area contributed by atoms with Crippen LogP contribution >= 0.6 is 15.9 Å². The molecule has 1 unspecified atom stereocenters. The van der Waals surface area contributed by atoms with Crippen molar-refractivity contribution in [2.24, 2.45) is 7.05 Å². The third-order valence-electron chi connectivity index (χ3n) is 3.33. The fourth-order valence-corrected chi connectivity index (χ4v) is 2.98. The lowest BCUT2D eigenvalue weighted by atomic mass is 10.0. The zero-order valence-electron chi connectivity index (χ0n) is 9.95. The molecule has 0 spiro atoms. The van der Waals surface area contributed by atoms with E-state index in [1.807, 2.05) is 18.2 Å². The van der Waals surface area contributed by atoms with Crippen molar-refractivity contribution in [3.8, 4) is 0 Å². The van der Waals surface area contributed by atoms with Crippen molar-refractivity contribution in [2.75, 3.05) is 11.9 Å². The second-order valence-electron chi connectivity index (χ2n) is 4.42. The number of alkyl halides is 1. The Morgan fingerprint density at radius 3 is 3.06 bits per heavy atom. The maximum absolute atomic E-state index is 14.7. The Balaban J connectivity index is 2.08. The van der Waals surface area contributed by atoms with E-state index in [1.54, 1.807) is 17.9 Å². The number of para-hydroxylation sites is 1. The van der Waals surface area contributed by atoms with Gasteiger partial charge in [-0.2, -0.15) is 5.10 Å². The summed E-state index contributed by atoms with van der Waals surface area (Å²) in [6.07, 6.45) is 1.41. The van der Waals surface area contributed by atoms with E-state index < -0.39 is 6.17 Å². The Bertz CT molecular complexity index is 574. The highest BCUT2D eigenvalue weighted by molar-refractivity contribution is 9.10. The molecule has 3 rings (SSSR count). The molecular weight excluding hydrogens is 297 g/mol. The number of aromatic nitrogens is 2. The third kappa shape index (κ3) is 1.73. The second kappa shape index (κ2) is 4.39. The molecule has 3 nitrogen and oxygen atoms in total. The van der Waals surface area contributed by atoms with Gasteiger partial charge in [0.1, 0.15) is 0 Å². The fourth-order valence-electron chi connectivity index (χ4n) is 2.43. The first-order chi connectivity index (χ1) is 8.68. The summed E-state index contributed by atoms with van der Waals surface area (Å²) >= 11 is 3.35. The van der Waals surface area contributed by atoms with Gasteiger partial charge in [0.25, 0.3) is 0 Å². The SMILES string of the molecule is Cn1ncc(Br)c1C(F)c1cccc2c1NCC2. The predicted octanol–water partition coefficient (Wildman–Crippen LogP) is 3.21. The molecule has 0 radical (unpaired) electrons. The Labute approximate surface area is 113 Å². The molecule has 0 fully saturated rings. The van der Waals surface area contributed by atoms with E-state index >= 15 is 0 Å². The predicted molar refractivity (Wildman–Crippen MR) is 72.5 cm³/mol. The van der Waals surface area contributed by atoms with Crippen LogP contribution in [0, 0.1) is 0 Å². The zero-order chi connectivity index (χ0) is 12.7. The van der Waals surface area contributed by atoms with Crippen molar-refractivity contribution in [1.29, 1.82) is 0 Å². The molecule has 0 bridgehead atoms. The van der Waals surface area contributed by atoms with Crippen LogP contribution in [0.2, 0.25) is 0 Å². The van der Waals surface area contributed by atoms with Gasteiger partial charge < -0.3 is 5.32 Å². The van der Waals surface area contributed by atoms with Crippen molar-refractivity contribution < 1.29 is 4.39 Å². The molecule has 1 aliphatic heterocycles. The van der Waals surface area contributed by atoms with Crippen LogP contribution in [0.3, 0.4) is 0 Å². The molecule has 0 amide bonds. The van der Waals surface area contributed by atoms with Gasteiger partial charge in [0, 0.05) is 24.8 Å². The Kier molecular flexibility index (Phi) is 2.86. The number of fused-ring (bicyclic) bond motifs is 1. The Hall–Kier alpha value is -1.36. The zero-order valence-corrected chi connectivity index (χ0v) is 11.5. The van der Waals surface area contributed by atoms with Gasteiger partial charge in [-0.1, -0.05) is 18.2 Å². The van der Waals surface area contributed by atoms with E-state index in [0.29, 0.717) is 15.7 Å². The Morgan fingerprint density at radius 2 is 2.33 bits per heavy atom. The van der Waals surface area contributed by atoms with Crippen LogP contribution in [-0.4, -0.2) is 16.3 Å². The lowest BCUT2D eigenvalue weighted by Crippen LogP contribution is -2.06. The fraction of sp³-hybridized carbons (Fsp3) is 0.308. The van der Waals surface area contributed by atoms with Gasteiger partial charge >= 0.3 is 0 Å². The number of hydrogen-bond donors (Lipinski definition) is 1. The largest absolute Gasteiger partial charge is 0.384 e. The summed E-state index contributed by atoms with van der Waals surface area (Å²) in [4.78, 5) is 0. The summed E-state index contributed by atoms with van der Waals surface area (Å²) in [6.45, 7) is 0.881. The minimum absolute atomic E-state index is 0.553. The number of nitrogens with zero attached hydrogens (tertiary/aromatic N) is 2. The molecule has 94 valence electrons. The highest BCUT2D eigenvalue weighted by atomic mass is 79.9. The molecular formula is C13H13BrFN3. The first kappa shape index (κ1) is 11.7. The molecule has 1 atom stereocenters. The minimum Gasteiger partial charge on any atom is -0.384 e. The summed E-state index contributed by atoms with van der Waals surface area (Å²) in [5.41, 5.74) is 3.37. The average Bonchev–Trinajstić information content (AvgIpc) is 2.95. The van der Waals surface area contributed by atoms with Gasteiger partial charge in [0.15, 0.2) is 6.17 Å². The van der Waals surface area contributed by atoms with Gasteiger partial charge in [-0.25, -0.2) is 4.39 Å². The summed E-state index contributed by atoms with van der Waals surface area (Å²) in [6, 6.07) is 5.79. The van der Waals surface area contributed by atoms with Crippen molar-refractivity contribution >= 4 is 21.6 Å². The number of hydrogen-bond acceptors (Lipinski definition) is 2. The number of halogens is 2. The molecule has 1 aliphatic rings. The molecule has 2 heterocycles. The highest BCUT2D eigenvalue weighted by Crippen LogP contribution is 2.38. The second-order valence-corrected chi connectivity index (χ2v) is 5.28. The molecule has 1 aromatic carbocycles. The monoisotopic (exact) mass is 309 g/mol. The van der Waals surface area contributed by atoms with E-state index in [0.717, 1.165) is 18.7 Å². The maximum atomic E-state index is 14.7. The smallest absolute Gasteiger partial charge is 0.170 e. The molecule has 1 N–H and O–H groups in total. The van der Waals surface area contributed by atoms with Crippen LogP contribution in [0.4, 0.5) is 10.1 Å². The topological polar surface area (TPSA) is 29.9 Å². The van der Waals surface area contributed by atoms with Crippen LogP contribution in [0.15, 0.2) is 28.9 Å². The molecule has 0 aliphatic carbocycles. The number of benzene rings is 1. The highest BCUT2D eigenvalue weighted by Gasteiger charge is 2.25. The number of rotatable bonds is 2. The van der Waals surface area contributed by atoms with Crippen LogP contribution in [0.5, 0.6) is 0 Å². The summed E-state index contributed by atoms with van der Waals surface area (Å²) < 4.78 is 17.0. The average molecular weight is 310 g/mol. The summed E-state index contributed by atoms with van der Waals surface area (Å²) in [5, 5.41) is 7.33. The minimum atomic E-state index is -1.17. The molecule has 0 saturated carbocycles. The van der Waals surface area contributed by atoms with Crippen molar-refractivity contribution in [3.63, 3.8) is 0 Å². The third-order valence-corrected chi connectivity index (χ3v) is 3.94. The molecule has 18 heavy (non-hydrogen) atoms. The number of anilines is 1. The molecule has 0 saturated heterocycles. The molecule has 5 heteroatoms. The van der Waals surface area contributed by atoms with Gasteiger partial charge in [-0.05, 0) is 27.9 Å². The van der Waals surface area contributed by atoms with E-state index in [4.69, 9.17) is 0 Å².